The average molecular weight is 313 g/mol. The van der Waals surface area contributed by atoms with Crippen molar-refractivity contribution < 1.29 is 15.0 Å². The van der Waals surface area contributed by atoms with E-state index >= 15 is 0 Å². The van der Waals surface area contributed by atoms with Crippen molar-refractivity contribution in [3.63, 3.8) is 0 Å². The number of rotatable bonds is 5. The van der Waals surface area contributed by atoms with Gasteiger partial charge in [0.15, 0.2) is 5.69 Å². The van der Waals surface area contributed by atoms with Crippen LogP contribution in [-0.2, 0) is 0 Å². The smallest absolute Gasteiger partial charge is 0.356 e. The maximum absolute atomic E-state index is 11.1. The number of halogens is 1. The van der Waals surface area contributed by atoms with Crippen LogP contribution in [0.15, 0.2) is 12.1 Å². The fourth-order valence-electron chi connectivity index (χ4n) is 3.10. The molecule has 0 radical (unpaired) electrons. The van der Waals surface area contributed by atoms with Gasteiger partial charge in [-0.25, -0.2) is 9.78 Å². The van der Waals surface area contributed by atoms with Gasteiger partial charge in [0, 0.05) is 18.5 Å². The lowest BCUT2D eigenvalue weighted by atomic mass is 9.77. The number of carboxylic acids is 1. The summed E-state index contributed by atoms with van der Waals surface area (Å²) in [6.07, 6.45) is 3.93. The number of pyridine rings is 1. The first-order valence-electron chi connectivity index (χ1n) is 7.27. The van der Waals surface area contributed by atoms with E-state index in [9.17, 15) is 9.90 Å². The summed E-state index contributed by atoms with van der Waals surface area (Å²) in [5.41, 5.74) is -0.234. The minimum absolute atomic E-state index is 0.113. The maximum atomic E-state index is 11.1. The van der Waals surface area contributed by atoms with Gasteiger partial charge < -0.3 is 15.1 Å². The third-order valence-corrected chi connectivity index (χ3v) is 4.44. The minimum Gasteiger partial charge on any atom is -0.476 e. The summed E-state index contributed by atoms with van der Waals surface area (Å²) in [7, 11) is 0. The molecule has 1 fully saturated rings. The Balaban J connectivity index is 2.25. The van der Waals surface area contributed by atoms with Crippen molar-refractivity contribution in [3.05, 3.63) is 22.8 Å². The predicted molar refractivity (Wildman–Crippen MR) is 82.1 cm³/mol. The van der Waals surface area contributed by atoms with Crippen LogP contribution in [0.2, 0.25) is 5.02 Å². The van der Waals surface area contributed by atoms with Crippen LogP contribution in [0, 0.1) is 5.41 Å². The van der Waals surface area contributed by atoms with E-state index in [1.165, 1.54) is 0 Å². The molecule has 0 spiro atoms. The van der Waals surface area contributed by atoms with Crippen LogP contribution in [0.5, 0.6) is 0 Å². The Morgan fingerprint density at radius 1 is 1.52 bits per heavy atom. The summed E-state index contributed by atoms with van der Waals surface area (Å²) in [6.45, 7) is 3.78. The molecule has 2 N–H and O–H groups in total. The summed E-state index contributed by atoms with van der Waals surface area (Å²) >= 11 is 5.86. The Labute approximate surface area is 129 Å². The van der Waals surface area contributed by atoms with Crippen LogP contribution in [0.3, 0.4) is 0 Å². The Bertz CT molecular complexity index is 520. The Morgan fingerprint density at radius 2 is 2.29 bits per heavy atom. The van der Waals surface area contributed by atoms with Gasteiger partial charge in [0.05, 0.1) is 11.6 Å². The van der Waals surface area contributed by atoms with E-state index in [4.69, 9.17) is 16.7 Å². The first-order valence-corrected chi connectivity index (χ1v) is 7.65. The van der Waals surface area contributed by atoms with Crippen molar-refractivity contribution in [2.24, 2.45) is 5.41 Å². The first kappa shape index (κ1) is 16.0. The van der Waals surface area contributed by atoms with Crippen LogP contribution in [0.4, 0.5) is 5.82 Å². The highest BCUT2D eigenvalue weighted by molar-refractivity contribution is 6.33. The molecule has 1 aliphatic rings. The average Bonchev–Trinajstić information content (AvgIpc) is 2.48. The Morgan fingerprint density at radius 3 is 2.90 bits per heavy atom. The number of aliphatic hydroxyl groups is 1. The molecule has 1 unspecified atom stereocenters. The monoisotopic (exact) mass is 312 g/mol. The van der Waals surface area contributed by atoms with E-state index in [0.717, 1.165) is 32.2 Å². The second-order valence-corrected chi connectivity index (χ2v) is 6.15. The second kappa shape index (κ2) is 6.62. The SMILES string of the molecule is CCCC1(CO)CCCN(c2ccc(Cl)c(C(=O)O)n2)C1. The molecule has 0 amide bonds. The van der Waals surface area contributed by atoms with Crippen molar-refractivity contribution in [1.82, 2.24) is 4.98 Å². The summed E-state index contributed by atoms with van der Waals surface area (Å²) in [5, 5.41) is 19.0. The van der Waals surface area contributed by atoms with Crippen LogP contribution in [-0.4, -0.2) is 40.9 Å². The molecule has 2 rings (SSSR count). The van der Waals surface area contributed by atoms with Gasteiger partial charge in [0.25, 0.3) is 0 Å². The highest BCUT2D eigenvalue weighted by atomic mass is 35.5. The fourth-order valence-corrected chi connectivity index (χ4v) is 3.29. The van der Waals surface area contributed by atoms with Gasteiger partial charge in [-0.3, -0.25) is 0 Å². The zero-order valence-electron chi connectivity index (χ0n) is 12.2. The van der Waals surface area contributed by atoms with Gasteiger partial charge in [0.2, 0.25) is 0 Å². The number of hydrogen-bond donors (Lipinski definition) is 2. The summed E-state index contributed by atoms with van der Waals surface area (Å²) in [5.74, 6) is -0.508. The molecule has 21 heavy (non-hydrogen) atoms. The number of anilines is 1. The molecule has 0 bridgehead atoms. The summed E-state index contributed by atoms with van der Waals surface area (Å²) in [6, 6.07) is 3.32. The van der Waals surface area contributed by atoms with Gasteiger partial charge in [0.1, 0.15) is 5.82 Å². The number of piperidine rings is 1. The van der Waals surface area contributed by atoms with E-state index in [1.807, 2.05) is 0 Å². The lowest BCUT2D eigenvalue weighted by Crippen LogP contribution is -2.45. The summed E-state index contributed by atoms with van der Waals surface area (Å²) in [4.78, 5) is 17.4. The molecule has 0 saturated carbocycles. The highest BCUT2D eigenvalue weighted by Crippen LogP contribution is 2.36. The molecule has 1 aromatic rings. The molecular formula is C15H21ClN2O3. The normalized spacial score (nSPS) is 22.3. The second-order valence-electron chi connectivity index (χ2n) is 5.74. The maximum Gasteiger partial charge on any atom is 0.356 e. The van der Waals surface area contributed by atoms with Crippen molar-refractivity contribution in [3.8, 4) is 0 Å². The number of nitrogens with zero attached hydrogens (tertiary/aromatic N) is 2. The Kier molecular flexibility index (Phi) is 5.06. The molecule has 6 heteroatoms. The molecule has 116 valence electrons. The van der Waals surface area contributed by atoms with Crippen LogP contribution in [0.25, 0.3) is 0 Å². The molecule has 5 nitrogen and oxygen atoms in total. The number of hydrogen-bond acceptors (Lipinski definition) is 4. The standard InChI is InChI=1S/C15H21ClN2O3/c1-2-6-15(10-19)7-3-8-18(9-15)12-5-4-11(16)13(17-12)14(20)21/h4-5,19H,2-3,6-10H2,1H3,(H,20,21). The van der Waals surface area contributed by atoms with Gasteiger partial charge in [-0.05, 0) is 31.4 Å². The lowest BCUT2D eigenvalue weighted by molar-refractivity contribution is 0.0690. The third-order valence-electron chi connectivity index (χ3n) is 4.14. The van der Waals surface area contributed by atoms with Crippen molar-refractivity contribution in [2.75, 3.05) is 24.6 Å². The molecule has 2 heterocycles. The molecule has 1 aromatic heterocycles. The predicted octanol–water partition coefficient (Wildman–Crippen LogP) is 2.81. The lowest BCUT2D eigenvalue weighted by Gasteiger charge is -2.42. The summed E-state index contributed by atoms with van der Waals surface area (Å²) < 4.78 is 0. The highest BCUT2D eigenvalue weighted by Gasteiger charge is 2.34. The number of carbonyl (C=O) groups is 1. The first-order chi connectivity index (χ1) is 10.0. The molecule has 1 atom stereocenters. The molecule has 1 aliphatic heterocycles. The zero-order chi connectivity index (χ0) is 15.5. The molecular weight excluding hydrogens is 292 g/mol. The fraction of sp³-hybridized carbons (Fsp3) is 0.600. The largest absolute Gasteiger partial charge is 0.476 e. The van der Waals surface area contributed by atoms with Crippen molar-refractivity contribution in [2.45, 2.75) is 32.6 Å². The van der Waals surface area contributed by atoms with E-state index < -0.39 is 5.97 Å². The molecule has 1 saturated heterocycles. The van der Waals surface area contributed by atoms with Gasteiger partial charge in [-0.2, -0.15) is 0 Å². The number of aromatic carboxylic acids is 1. The van der Waals surface area contributed by atoms with Crippen molar-refractivity contribution >= 4 is 23.4 Å². The zero-order valence-corrected chi connectivity index (χ0v) is 12.9. The van der Waals surface area contributed by atoms with E-state index in [2.05, 4.69) is 16.8 Å². The van der Waals surface area contributed by atoms with E-state index in [-0.39, 0.29) is 22.7 Å². The van der Waals surface area contributed by atoms with Crippen LogP contribution >= 0.6 is 11.6 Å². The Hall–Kier alpha value is -1.33. The van der Waals surface area contributed by atoms with E-state index in [1.54, 1.807) is 12.1 Å². The number of aliphatic hydroxyl groups excluding tert-OH is 1. The topological polar surface area (TPSA) is 73.7 Å². The van der Waals surface area contributed by atoms with Gasteiger partial charge in [-0.1, -0.05) is 24.9 Å². The van der Waals surface area contributed by atoms with Crippen LogP contribution in [0.1, 0.15) is 43.1 Å². The number of aromatic nitrogens is 1. The molecule has 0 aromatic carbocycles. The van der Waals surface area contributed by atoms with Crippen LogP contribution < -0.4 is 4.90 Å². The van der Waals surface area contributed by atoms with E-state index in [0.29, 0.717) is 12.4 Å². The van der Waals surface area contributed by atoms with Gasteiger partial charge >= 0.3 is 5.97 Å². The minimum atomic E-state index is -1.12. The quantitative estimate of drug-likeness (QED) is 0.874. The van der Waals surface area contributed by atoms with Crippen molar-refractivity contribution in [1.29, 1.82) is 0 Å². The third kappa shape index (κ3) is 3.47. The molecule has 0 aliphatic carbocycles. The van der Waals surface area contributed by atoms with Gasteiger partial charge in [-0.15, -0.1) is 0 Å². The number of carboxylic acid groups (broad SMARTS) is 1.